The maximum absolute atomic E-state index is 9.48. The molecule has 1 atom stereocenters. The molecule has 1 aromatic heterocycles. The second-order valence-electron chi connectivity index (χ2n) is 4.59. The Morgan fingerprint density at radius 2 is 1.90 bits per heavy atom. The Morgan fingerprint density at radius 1 is 1.20 bits per heavy atom. The first-order valence-corrected chi connectivity index (χ1v) is 6.33. The van der Waals surface area contributed by atoms with E-state index in [1.807, 2.05) is 19.1 Å². The number of hydrogen-bond donors (Lipinski definition) is 3. The number of ether oxygens (including phenoxy) is 1. The highest BCUT2D eigenvalue weighted by Gasteiger charge is 2.08. The minimum absolute atomic E-state index is 0.00726. The number of methoxy groups -OCH3 is 1. The van der Waals surface area contributed by atoms with Crippen LogP contribution in [0.15, 0.2) is 36.5 Å². The first-order chi connectivity index (χ1) is 9.58. The van der Waals surface area contributed by atoms with Gasteiger partial charge in [-0.15, -0.1) is 0 Å². The van der Waals surface area contributed by atoms with Crippen LogP contribution in [-0.2, 0) is 6.54 Å². The predicted molar refractivity (Wildman–Crippen MR) is 75.8 cm³/mol. The van der Waals surface area contributed by atoms with E-state index in [4.69, 9.17) is 4.74 Å². The fraction of sp³-hybridized carbons (Fsp3) is 0.267. The van der Waals surface area contributed by atoms with E-state index in [-0.39, 0.29) is 17.5 Å². The summed E-state index contributed by atoms with van der Waals surface area (Å²) in [4.78, 5) is 4.05. The van der Waals surface area contributed by atoms with Crippen LogP contribution in [0.3, 0.4) is 0 Å². The van der Waals surface area contributed by atoms with Gasteiger partial charge in [0, 0.05) is 30.9 Å². The molecule has 0 radical (unpaired) electrons. The van der Waals surface area contributed by atoms with Crippen molar-refractivity contribution in [2.75, 3.05) is 7.11 Å². The number of hydrogen-bond acceptors (Lipinski definition) is 5. The van der Waals surface area contributed by atoms with Crippen LogP contribution in [0.1, 0.15) is 24.1 Å². The van der Waals surface area contributed by atoms with E-state index in [1.54, 1.807) is 25.4 Å². The minimum Gasteiger partial charge on any atom is -0.508 e. The molecule has 5 heteroatoms. The van der Waals surface area contributed by atoms with Crippen molar-refractivity contribution in [3.63, 3.8) is 0 Å². The molecule has 2 rings (SSSR count). The summed E-state index contributed by atoms with van der Waals surface area (Å²) in [5, 5.41) is 22.3. The van der Waals surface area contributed by atoms with Gasteiger partial charge in [-0.05, 0) is 36.2 Å². The van der Waals surface area contributed by atoms with E-state index < -0.39 is 0 Å². The first kappa shape index (κ1) is 14.1. The SMILES string of the molecule is COc1cc(CNC(C)c2cc(O)cc(O)c2)ccn1. The lowest BCUT2D eigenvalue weighted by Crippen LogP contribution is -2.18. The number of rotatable bonds is 5. The van der Waals surface area contributed by atoms with Gasteiger partial charge in [0.25, 0.3) is 0 Å². The van der Waals surface area contributed by atoms with Crippen LogP contribution in [0.2, 0.25) is 0 Å². The third kappa shape index (κ3) is 3.61. The van der Waals surface area contributed by atoms with E-state index in [0.29, 0.717) is 12.4 Å². The van der Waals surface area contributed by atoms with Crippen LogP contribution in [0.5, 0.6) is 17.4 Å². The molecular formula is C15H18N2O3. The van der Waals surface area contributed by atoms with Crippen LogP contribution in [0.4, 0.5) is 0 Å². The molecule has 0 saturated carbocycles. The third-order valence-electron chi connectivity index (χ3n) is 3.05. The fourth-order valence-electron chi connectivity index (χ4n) is 1.93. The highest BCUT2D eigenvalue weighted by atomic mass is 16.5. The summed E-state index contributed by atoms with van der Waals surface area (Å²) in [7, 11) is 1.58. The van der Waals surface area contributed by atoms with Crippen molar-refractivity contribution in [3.8, 4) is 17.4 Å². The Morgan fingerprint density at radius 3 is 2.55 bits per heavy atom. The quantitative estimate of drug-likeness (QED) is 0.780. The Bertz CT molecular complexity index is 567. The number of phenols is 2. The van der Waals surface area contributed by atoms with Gasteiger partial charge in [0.1, 0.15) is 11.5 Å². The van der Waals surface area contributed by atoms with Crippen LogP contribution in [-0.4, -0.2) is 22.3 Å². The molecule has 1 heterocycles. The lowest BCUT2D eigenvalue weighted by molar-refractivity contribution is 0.397. The molecule has 0 spiro atoms. The Labute approximate surface area is 117 Å². The van der Waals surface area contributed by atoms with Crippen molar-refractivity contribution in [2.24, 2.45) is 0 Å². The number of nitrogens with one attached hydrogen (secondary N) is 1. The standard InChI is InChI=1S/C15H18N2O3/c1-10(12-6-13(18)8-14(19)7-12)17-9-11-3-4-16-15(5-11)20-2/h3-8,10,17-19H,9H2,1-2H3. The van der Waals surface area contributed by atoms with Gasteiger partial charge in [-0.2, -0.15) is 0 Å². The third-order valence-corrected chi connectivity index (χ3v) is 3.05. The van der Waals surface area contributed by atoms with Crippen molar-refractivity contribution in [1.29, 1.82) is 0 Å². The van der Waals surface area contributed by atoms with Crippen molar-refractivity contribution < 1.29 is 14.9 Å². The number of benzene rings is 1. The summed E-state index contributed by atoms with van der Waals surface area (Å²) >= 11 is 0. The first-order valence-electron chi connectivity index (χ1n) is 6.33. The number of nitrogens with zero attached hydrogens (tertiary/aromatic N) is 1. The van der Waals surface area contributed by atoms with Crippen molar-refractivity contribution in [3.05, 3.63) is 47.7 Å². The maximum atomic E-state index is 9.48. The molecule has 1 aromatic carbocycles. The molecule has 2 aromatic rings. The van der Waals surface area contributed by atoms with E-state index >= 15 is 0 Å². The maximum Gasteiger partial charge on any atom is 0.213 e. The number of aromatic hydroxyl groups is 2. The average Bonchev–Trinajstić information content (AvgIpc) is 2.44. The zero-order valence-corrected chi connectivity index (χ0v) is 11.5. The molecular weight excluding hydrogens is 256 g/mol. The minimum atomic E-state index is -0.00726. The Hall–Kier alpha value is -2.27. The normalized spacial score (nSPS) is 12.1. The van der Waals surface area contributed by atoms with E-state index in [9.17, 15) is 10.2 Å². The van der Waals surface area contributed by atoms with Crippen molar-refractivity contribution in [2.45, 2.75) is 19.5 Å². The molecule has 0 bridgehead atoms. The summed E-state index contributed by atoms with van der Waals surface area (Å²) in [6, 6.07) is 8.33. The molecule has 1 unspecified atom stereocenters. The van der Waals surface area contributed by atoms with Gasteiger partial charge >= 0.3 is 0 Å². The summed E-state index contributed by atoms with van der Waals surface area (Å²) < 4.78 is 5.07. The van der Waals surface area contributed by atoms with Gasteiger partial charge in [-0.3, -0.25) is 0 Å². The highest BCUT2D eigenvalue weighted by Crippen LogP contribution is 2.24. The fourth-order valence-corrected chi connectivity index (χ4v) is 1.93. The molecule has 106 valence electrons. The zero-order chi connectivity index (χ0) is 14.5. The summed E-state index contributed by atoms with van der Waals surface area (Å²) in [5.74, 6) is 0.686. The second-order valence-corrected chi connectivity index (χ2v) is 4.59. The molecule has 0 fully saturated rings. The molecule has 0 aliphatic carbocycles. The molecule has 0 aliphatic heterocycles. The van der Waals surface area contributed by atoms with Crippen LogP contribution in [0, 0.1) is 0 Å². The van der Waals surface area contributed by atoms with Gasteiger partial charge in [-0.25, -0.2) is 4.98 Å². The van der Waals surface area contributed by atoms with Crippen molar-refractivity contribution in [1.82, 2.24) is 10.3 Å². The Kier molecular flexibility index (Phi) is 4.42. The lowest BCUT2D eigenvalue weighted by atomic mass is 10.1. The molecule has 0 aliphatic rings. The van der Waals surface area contributed by atoms with Gasteiger partial charge in [0.2, 0.25) is 5.88 Å². The summed E-state index contributed by atoms with van der Waals surface area (Å²) in [6.45, 7) is 2.60. The molecule has 0 saturated heterocycles. The van der Waals surface area contributed by atoms with E-state index in [0.717, 1.165) is 11.1 Å². The predicted octanol–water partition coefficient (Wildman–Crippen LogP) is 2.35. The number of aromatic nitrogens is 1. The summed E-state index contributed by atoms with van der Waals surface area (Å²) in [6.07, 6.45) is 1.70. The van der Waals surface area contributed by atoms with Crippen LogP contribution in [0.25, 0.3) is 0 Å². The molecule has 0 amide bonds. The van der Waals surface area contributed by atoms with Gasteiger partial charge in [0.15, 0.2) is 0 Å². The molecule has 5 nitrogen and oxygen atoms in total. The average molecular weight is 274 g/mol. The highest BCUT2D eigenvalue weighted by molar-refractivity contribution is 5.38. The van der Waals surface area contributed by atoms with Gasteiger partial charge in [-0.1, -0.05) is 0 Å². The number of phenolic OH excluding ortho intramolecular Hbond substituents is 2. The molecule has 3 N–H and O–H groups in total. The lowest BCUT2D eigenvalue weighted by Gasteiger charge is -2.15. The largest absolute Gasteiger partial charge is 0.508 e. The second kappa shape index (κ2) is 6.25. The van der Waals surface area contributed by atoms with E-state index in [2.05, 4.69) is 10.3 Å². The van der Waals surface area contributed by atoms with Gasteiger partial charge < -0.3 is 20.3 Å². The Balaban J connectivity index is 2.02. The number of pyridine rings is 1. The van der Waals surface area contributed by atoms with Gasteiger partial charge in [0.05, 0.1) is 7.11 Å². The monoisotopic (exact) mass is 274 g/mol. The smallest absolute Gasteiger partial charge is 0.213 e. The topological polar surface area (TPSA) is 74.6 Å². The van der Waals surface area contributed by atoms with Crippen LogP contribution < -0.4 is 10.1 Å². The zero-order valence-electron chi connectivity index (χ0n) is 11.5. The molecule has 20 heavy (non-hydrogen) atoms. The van der Waals surface area contributed by atoms with Crippen molar-refractivity contribution >= 4 is 0 Å². The van der Waals surface area contributed by atoms with Crippen LogP contribution >= 0.6 is 0 Å². The van der Waals surface area contributed by atoms with E-state index in [1.165, 1.54) is 6.07 Å². The summed E-state index contributed by atoms with van der Waals surface area (Å²) in [5.41, 5.74) is 1.87.